The van der Waals surface area contributed by atoms with Crippen molar-refractivity contribution in [1.29, 1.82) is 0 Å². The van der Waals surface area contributed by atoms with E-state index >= 15 is 0 Å². The Kier molecular flexibility index (Phi) is 5.63. The van der Waals surface area contributed by atoms with E-state index in [0.29, 0.717) is 25.7 Å². The van der Waals surface area contributed by atoms with E-state index in [9.17, 15) is 4.79 Å². The van der Waals surface area contributed by atoms with Gasteiger partial charge in [-0.05, 0) is 53.8 Å². The second-order valence-electron chi connectivity index (χ2n) is 7.76. The molecule has 5 nitrogen and oxygen atoms in total. The normalized spacial score (nSPS) is 26.6. The summed E-state index contributed by atoms with van der Waals surface area (Å²) in [6, 6.07) is 8.49. The summed E-state index contributed by atoms with van der Waals surface area (Å²) in [5, 5.41) is 11.0. The zero-order valence-electron chi connectivity index (χ0n) is 16.3. The average molecular weight is 428 g/mol. The maximum absolute atomic E-state index is 13.3. The van der Waals surface area contributed by atoms with Crippen LogP contribution in [0.4, 0.5) is 0 Å². The third-order valence-electron chi connectivity index (χ3n) is 5.91. The third-order valence-corrected chi connectivity index (χ3v) is 7.68. The molecule has 0 spiro atoms. The Morgan fingerprint density at radius 2 is 2.03 bits per heavy atom. The summed E-state index contributed by atoms with van der Waals surface area (Å²) in [5.74, 6) is 0.393. The molecule has 152 valence electrons. The molecule has 0 N–H and O–H groups in total. The van der Waals surface area contributed by atoms with Gasteiger partial charge in [-0.1, -0.05) is 12.1 Å². The van der Waals surface area contributed by atoms with Gasteiger partial charge >= 0.3 is 0 Å². The van der Waals surface area contributed by atoms with Crippen molar-refractivity contribution in [2.45, 2.75) is 25.3 Å². The van der Waals surface area contributed by atoms with E-state index in [0.717, 1.165) is 38.1 Å². The molecule has 2 aromatic rings. The molecule has 7 heteroatoms. The molecular formula is C22H25N3O2S2. The van der Waals surface area contributed by atoms with Crippen molar-refractivity contribution >= 4 is 40.4 Å². The molecule has 2 fully saturated rings. The van der Waals surface area contributed by atoms with E-state index < -0.39 is 0 Å². The highest BCUT2D eigenvalue weighted by Gasteiger charge is 2.44. The van der Waals surface area contributed by atoms with Crippen LogP contribution in [-0.2, 0) is 9.53 Å². The first kappa shape index (κ1) is 19.2. The maximum Gasteiger partial charge on any atom is 0.257 e. The van der Waals surface area contributed by atoms with E-state index in [4.69, 9.17) is 9.84 Å². The van der Waals surface area contributed by atoms with Crippen molar-refractivity contribution < 1.29 is 9.53 Å². The fourth-order valence-corrected chi connectivity index (χ4v) is 6.07. The lowest BCUT2D eigenvalue weighted by Crippen LogP contribution is -2.44. The highest BCUT2D eigenvalue weighted by Crippen LogP contribution is 2.45. The summed E-state index contributed by atoms with van der Waals surface area (Å²) in [6.07, 6.45) is 5.55. The molecule has 1 saturated carbocycles. The van der Waals surface area contributed by atoms with Crippen molar-refractivity contribution in [2.75, 3.05) is 32.8 Å². The summed E-state index contributed by atoms with van der Waals surface area (Å²) < 4.78 is 5.43. The van der Waals surface area contributed by atoms with Gasteiger partial charge in [0.2, 0.25) is 0 Å². The summed E-state index contributed by atoms with van der Waals surface area (Å²) in [7, 11) is 0. The molecule has 2 aromatic heterocycles. The molecule has 4 heterocycles. The van der Waals surface area contributed by atoms with Crippen LogP contribution in [0.2, 0.25) is 0 Å². The van der Waals surface area contributed by atoms with Gasteiger partial charge in [0.25, 0.3) is 5.91 Å². The van der Waals surface area contributed by atoms with E-state index in [1.807, 2.05) is 0 Å². The van der Waals surface area contributed by atoms with E-state index in [2.05, 4.69) is 46.0 Å². The number of fused-ring (bicyclic) bond motifs is 1. The average Bonchev–Trinajstić information content (AvgIpc) is 3.49. The molecule has 0 unspecified atom stereocenters. The van der Waals surface area contributed by atoms with Gasteiger partial charge in [-0.2, -0.15) is 5.10 Å². The molecule has 29 heavy (non-hydrogen) atoms. The molecule has 3 aliphatic rings. The highest BCUT2D eigenvalue weighted by atomic mass is 32.1. The molecule has 0 aromatic carbocycles. The Bertz CT molecular complexity index is 899. The number of morpholine rings is 1. The third kappa shape index (κ3) is 3.97. The zero-order valence-corrected chi connectivity index (χ0v) is 18.0. The monoisotopic (exact) mass is 427 g/mol. The molecule has 2 aliphatic heterocycles. The van der Waals surface area contributed by atoms with E-state index in [-0.39, 0.29) is 11.9 Å². The van der Waals surface area contributed by atoms with Crippen LogP contribution < -0.4 is 0 Å². The van der Waals surface area contributed by atoms with E-state index in [1.54, 1.807) is 27.7 Å². The lowest BCUT2D eigenvalue weighted by Gasteiger charge is -2.31. The quantitative estimate of drug-likeness (QED) is 0.732. The van der Waals surface area contributed by atoms with Gasteiger partial charge in [-0.3, -0.25) is 9.69 Å². The number of hydrogen-bond acceptors (Lipinski definition) is 6. The van der Waals surface area contributed by atoms with Gasteiger partial charge in [0.1, 0.15) is 0 Å². The number of nitrogens with zero attached hydrogens (tertiary/aromatic N) is 3. The fraction of sp³-hybridized carbons (Fsp3) is 0.455. The smallest absolute Gasteiger partial charge is 0.257 e. The summed E-state index contributed by atoms with van der Waals surface area (Å²) in [5.41, 5.74) is 2.42. The van der Waals surface area contributed by atoms with Gasteiger partial charge in [0.05, 0.1) is 31.5 Å². The molecule has 1 aliphatic carbocycles. The van der Waals surface area contributed by atoms with Gasteiger partial charge in [0, 0.05) is 28.8 Å². The van der Waals surface area contributed by atoms with E-state index in [1.165, 1.54) is 15.3 Å². The largest absolute Gasteiger partial charge is 0.379 e. The van der Waals surface area contributed by atoms with Crippen molar-refractivity contribution in [3.63, 3.8) is 0 Å². The fourth-order valence-electron chi connectivity index (χ4n) is 4.51. The Hall–Kier alpha value is -1.80. The number of amides is 1. The summed E-state index contributed by atoms with van der Waals surface area (Å²) in [4.78, 5) is 18.0. The number of allylic oxidation sites excluding steroid dienone is 1. The molecule has 5 rings (SSSR count). The molecule has 0 radical (unpaired) electrons. The predicted molar refractivity (Wildman–Crippen MR) is 118 cm³/mol. The number of carbonyl (C=O) groups is 1. The molecule has 2 atom stereocenters. The van der Waals surface area contributed by atoms with Gasteiger partial charge < -0.3 is 4.74 Å². The van der Waals surface area contributed by atoms with Crippen LogP contribution in [0.15, 0.2) is 45.7 Å². The minimum Gasteiger partial charge on any atom is -0.379 e. The van der Waals surface area contributed by atoms with Crippen molar-refractivity contribution in [3.05, 3.63) is 50.4 Å². The number of ether oxygens (including phenoxy) is 1. The van der Waals surface area contributed by atoms with Crippen LogP contribution in [-0.4, -0.2) is 54.4 Å². The molecule has 1 saturated heterocycles. The van der Waals surface area contributed by atoms with Crippen LogP contribution >= 0.6 is 22.7 Å². The summed E-state index contributed by atoms with van der Waals surface area (Å²) in [6.45, 7) is 3.44. The first-order valence-electron chi connectivity index (χ1n) is 10.3. The molecule has 0 bridgehead atoms. The first-order chi connectivity index (χ1) is 14.3. The Morgan fingerprint density at radius 1 is 1.21 bits per heavy atom. The highest BCUT2D eigenvalue weighted by molar-refractivity contribution is 7.11. The van der Waals surface area contributed by atoms with Gasteiger partial charge in [-0.25, -0.2) is 5.01 Å². The number of thiophene rings is 2. The lowest BCUT2D eigenvalue weighted by atomic mass is 9.79. The molecular weight excluding hydrogens is 402 g/mol. The van der Waals surface area contributed by atoms with Crippen molar-refractivity contribution in [3.8, 4) is 0 Å². The van der Waals surface area contributed by atoms with Gasteiger partial charge in [0.15, 0.2) is 0 Å². The SMILES string of the molecule is O=C(CN1CCOCC1)N1N=C2/C(=C/c3cccs3)CCC[C@@H]2[C@H]1c1cccs1. The van der Waals surface area contributed by atoms with Crippen molar-refractivity contribution in [1.82, 2.24) is 9.91 Å². The standard InChI is InChI=1S/C22H25N3O2S2/c26-20(15-24-8-10-27-11-9-24)25-22(19-7-3-13-29-19)18-6-1-4-16(21(18)23-25)14-17-5-2-12-28-17/h2-3,5,7,12-14,18,22H,1,4,6,8-11,15H2/b16-14+/t18-,22-/m0/s1. The summed E-state index contributed by atoms with van der Waals surface area (Å²) >= 11 is 3.48. The van der Waals surface area contributed by atoms with Crippen LogP contribution in [0.5, 0.6) is 0 Å². The minimum absolute atomic E-state index is 0.0329. The number of carbonyl (C=O) groups excluding carboxylic acids is 1. The van der Waals surface area contributed by atoms with Crippen LogP contribution in [0.1, 0.15) is 35.1 Å². The molecule has 1 amide bonds. The topological polar surface area (TPSA) is 45.1 Å². The predicted octanol–water partition coefficient (Wildman–Crippen LogP) is 4.26. The number of hydrogen-bond donors (Lipinski definition) is 0. The van der Waals surface area contributed by atoms with Gasteiger partial charge in [-0.15, -0.1) is 22.7 Å². The lowest BCUT2D eigenvalue weighted by molar-refractivity contribution is -0.135. The first-order valence-corrected chi connectivity index (χ1v) is 12.0. The minimum atomic E-state index is 0.0329. The second-order valence-corrected chi connectivity index (χ2v) is 9.71. The maximum atomic E-state index is 13.3. The number of hydrazone groups is 1. The van der Waals surface area contributed by atoms with Crippen LogP contribution in [0.3, 0.4) is 0 Å². The van der Waals surface area contributed by atoms with Crippen molar-refractivity contribution in [2.24, 2.45) is 11.0 Å². The second kappa shape index (κ2) is 8.52. The Balaban J connectivity index is 1.45. The van der Waals surface area contributed by atoms with Crippen LogP contribution in [0, 0.1) is 5.92 Å². The zero-order chi connectivity index (χ0) is 19.6. The number of rotatable bonds is 4. The Morgan fingerprint density at radius 3 is 2.79 bits per heavy atom. The Labute approximate surface area is 179 Å². The van der Waals surface area contributed by atoms with Crippen LogP contribution in [0.25, 0.3) is 6.08 Å².